The predicted octanol–water partition coefficient (Wildman–Crippen LogP) is 6.37. The molecule has 0 amide bonds. The van der Waals surface area contributed by atoms with Gasteiger partial charge in [-0.15, -0.1) is 0 Å². The summed E-state index contributed by atoms with van der Waals surface area (Å²) < 4.78 is 13.0. The first kappa shape index (κ1) is 17.7. The number of hydrogen-bond acceptors (Lipinski definition) is 2. The minimum absolute atomic E-state index is 0.182. The zero-order valence-corrected chi connectivity index (χ0v) is 15.4. The van der Waals surface area contributed by atoms with Crippen LogP contribution >= 0.6 is 0 Å². The number of rotatable bonds is 10. The highest BCUT2D eigenvalue weighted by Gasteiger charge is 2.51. The van der Waals surface area contributed by atoms with Gasteiger partial charge in [-0.25, -0.2) is 0 Å². The summed E-state index contributed by atoms with van der Waals surface area (Å²) in [5, 5.41) is 0. The van der Waals surface area contributed by atoms with E-state index in [2.05, 4.69) is 6.92 Å². The second-order valence-electron chi connectivity index (χ2n) is 8.31. The van der Waals surface area contributed by atoms with Crippen LogP contribution in [0.5, 0.6) is 0 Å². The van der Waals surface area contributed by atoms with Crippen LogP contribution in [0.1, 0.15) is 110 Å². The maximum Gasteiger partial charge on any atom is 0.169 e. The molecular weight excluding hydrogens is 284 g/mol. The fourth-order valence-electron chi connectivity index (χ4n) is 5.07. The molecule has 0 N–H and O–H groups in total. The van der Waals surface area contributed by atoms with Crippen LogP contribution in [0, 0.1) is 5.92 Å². The van der Waals surface area contributed by atoms with Gasteiger partial charge in [-0.2, -0.15) is 0 Å². The molecule has 0 aromatic heterocycles. The molecular formula is C21H38O2. The lowest BCUT2D eigenvalue weighted by Gasteiger charge is -2.31. The number of ether oxygens (including phenoxy) is 2. The van der Waals surface area contributed by atoms with Crippen LogP contribution in [-0.2, 0) is 9.47 Å². The average Bonchev–Trinajstić information content (AvgIpc) is 3.17. The van der Waals surface area contributed by atoms with Gasteiger partial charge in [-0.05, 0) is 38.0 Å². The van der Waals surface area contributed by atoms with Crippen LogP contribution in [0.15, 0.2) is 0 Å². The molecule has 2 saturated heterocycles. The third-order valence-corrected chi connectivity index (χ3v) is 6.41. The Labute approximate surface area is 143 Å². The van der Waals surface area contributed by atoms with Gasteiger partial charge in [-0.3, -0.25) is 0 Å². The lowest BCUT2D eigenvalue weighted by Crippen LogP contribution is -2.34. The molecule has 23 heavy (non-hydrogen) atoms. The summed E-state index contributed by atoms with van der Waals surface area (Å²) in [6.07, 6.45) is 22.3. The average molecular weight is 323 g/mol. The smallest absolute Gasteiger partial charge is 0.169 e. The Hall–Kier alpha value is -0.0800. The molecule has 0 spiro atoms. The van der Waals surface area contributed by atoms with Crippen molar-refractivity contribution < 1.29 is 9.47 Å². The molecule has 2 nitrogen and oxygen atoms in total. The highest BCUT2D eigenvalue weighted by atomic mass is 16.8. The molecule has 2 bridgehead atoms. The molecule has 1 saturated carbocycles. The molecule has 0 unspecified atom stereocenters. The minimum Gasteiger partial charge on any atom is -0.344 e. The maximum absolute atomic E-state index is 6.59. The molecule has 3 fully saturated rings. The van der Waals surface area contributed by atoms with Gasteiger partial charge in [0.25, 0.3) is 0 Å². The Morgan fingerprint density at radius 3 is 2.22 bits per heavy atom. The van der Waals surface area contributed by atoms with Crippen LogP contribution in [0.2, 0.25) is 0 Å². The van der Waals surface area contributed by atoms with Crippen molar-refractivity contribution in [2.75, 3.05) is 0 Å². The normalized spacial score (nSPS) is 34.3. The van der Waals surface area contributed by atoms with E-state index >= 15 is 0 Å². The predicted molar refractivity (Wildman–Crippen MR) is 95.5 cm³/mol. The summed E-state index contributed by atoms with van der Waals surface area (Å²) >= 11 is 0. The molecule has 2 aliphatic heterocycles. The largest absolute Gasteiger partial charge is 0.344 e. The fourth-order valence-corrected chi connectivity index (χ4v) is 5.07. The summed E-state index contributed by atoms with van der Waals surface area (Å²) in [6, 6.07) is 0. The van der Waals surface area contributed by atoms with Crippen molar-refractivity contribution in [2.45, 2.75) is 128 Å². The second-order valence-corrected chi connectivity index (χ2v) is 8.31. The van der Waals surface area contributed by atoms with Crippen LogP contribution < -0.4 is 0 Å². The van der Waals surface area contributed by atoms with Crippen molar-refractivity contribution >= 4 is 0 Å². The summed E-state index contributed by atoms with van der Waals surface area (Å²) in [5.74, 6) is 0.608. The zero-order chi connectivity index (χ0) is 16.0. The van der Waals surface area contributed by atoms with E-state index in [0.717, 1.165) is 18.8 Å². The molecule has 3 rings (SSSR count). The van der Waals surface area contributed by atoms with Gasteiger partial charge in [0, 0.05) is 12.8 Å². The van der Waals surface area contributed by atoms with E-state index in [-0.39, 0.29) is 5.79 Å². The van der Waals surface area contributed by atoms with Crippen molar-refractivity contribution in [3.8, 4) is 0 Å². The van der Waals surface area contributed by atoms with Crippen molar-refractivity contribution in [2.24, 2.45) is 5.92 Å². The minimum atomic E-state index is -0.182. The Kier molecular flexibility index (Phi) is 6.83. The van der Waals surface area contributed by atoms with Crippen molar-refractivity contribution in [1.29, 1.82) is 0 Å². The van der Waals surface area contributed by atoms with E-state index in [1.165, 1.54) is 89.9 Å². The number of unbranched alkanes of at least 4 members (excludes halogenated alkanes) is 7. The monoisotopic (exact) mass is 322 g/mol. The third kappa shape index (κ3) is 4.72. The van der Waals surface area contributed by atoms with Gasteiger partial charge < -0.3 is 9.47 Å². The highest BCUT2D eigenvalue weighted by Crippen LogP contribution is 2.47. The van der Waals surface area contributed by atoms with Crippen LogP contribution in [-0.4, -0.2) is 18.0 Å². The molecule has 2 heterocycles. The Balaban J connectivity index is 1.36. The molecule has 0 aromatic rings. The number of fused-ring (bicyclic) bond motifs is 2. The molecule has 2 heteroatoms. The lowest BCUT2D eigenvalue weighted by atomic mass is 9.92. The van der Waals surface area contributed by atoms with Gasteiger partial charge in [-0.1, -0.05) is 64.7 Å². The van der Waals surface area contributed by atoms with E-state index in [9.17, 15) is 0 Å². The van der Waals surface area contributed by atoms with Crippen molar-refractivity contribution in [1.82, 2.24) is 0 Å². The van der Waals surface area contributed by atoms with Gasteiger partial charge in [0.1, 0.15) is 0 Å². The van der Waals surface area contributed by atoms with Gasteiger partial charge >= 0.3 is 0 Å². The summed E-state index contributed by atoms with van der Waals surface area (Å²) in [5.41, 5.74) is 0. The molecule has 1 aliphatic carbocycles. The highest BCUT2D eigenvalue weighted by molar-refractivity contribution is 4.94. The van der Waals surface area contributed by atoms with Gasteiger partial charge in [0.2, 0.25) is 0 Å². The molecule has 0 radical (unpaired) electrons. The SMILES string of the molecule is CCCCCCCCCC[C@@]12CCC[C@H](O1)[C@H](C1CCCC1)O2. The van der Waals surface area contributed by atoms with Gasteiger partial charge in [0.05, 0.1) is 12.2 Å². The molecule has 134 valence electrons. The van der Waals surface area contributed by atoms with E-state index in [1.54, 1.807) is 0 Å². The Morgan fingerprint density at radius 2 is 1.48 bits per heavy atom. The maximum atomic E-state index is 6.59. The van der Waals surface area contributed by atoms with E-state index < -0.39 is 0 Å². The lowest BCUT2D eigenvalue weighted by molar-refractivity contribution is -0.200. The van der Waals surface area contributed by atoms with Crippen LogP contribution in [0.3, 0.4) is 0 Å². The van der Waals surface area contributed by atoms with E-state index in [4.69, 9.17) is 9.47 Å². The molecule has 3 aliphatic rings. The first-order valence-corrected chi connectivity index (χ1v) is 10.7. The van der Waals surface area contributed by atoms with Crippen LogP contribution in [0.4, 0.5) is 0 Å². The number of hydrogen-bond donors (Lipinski definition) is 0. The van der Waals surface area contributed by atoms with E-state index in [0.29, 0.717) is 12.2 Å². The molecule has 3 atom stereocenters. The Bertz CT molecular complexity index is 337. The standard InChI is InChI=1S/C21H38O2/c1-2-3-4-5-6-7-8-11-16-21-17-12-15-19(22-21)20(23-21)18-13-9-10-14-18/h18-20H,2-17H2,1H3/t19-,20-,21+/m0/s1. The van der Waals surface area contributed by atoms with Crippen molar-refractivity contribution in [3.05, 3.63) is 0 Å². The van der Waals surface area contributed by atoms with Crippen molar-refractivity contribution in [3.63, 3.8) is 0 Å². The zero-order valence-electron chi connectivity index (χ0n) is 15.4. The Morgan fingerprint density at radius 1 is 0.783 bits per heavy atom. The second kappa shape index (κ2) is 8.85. The fraction of sp³-hybridized carbons (Fsp3) is 1.00. The summed E-state index contributed by atoms with van der Waals surface area (Å²) in [7, 11) is 0. The topological polar surface area (TPSA) is 18.5 Å². The first-order chi connectivity index (χ1) is 11.3. The van der Waals surface area contributed by atoms with Crippen LogP contribution in [0.25, 0.3) is 0 Å². The van der Waals surface area contributed by atoms with E-state index in [1.807, 2.05) is 0 Å². The third-order valence-electron chi connectivity index (χ3n) is 6.41. The summed E-state index contributed by atoms with van der Waals surface area (Å²) in [6.45, 7) is 2.29. The summed E-state index contributed by atoms with van der Waals surface area (Å²) in [4.78, 5) is 0. The first-order valence-electron chi connectivity index (χ1n) is 10.7. The molecule has 0 aromatic carbocycles. The van der Waals surface area contributed by atoms with Gasteiger partial charge in [0.15, 0.2) is 5.79 Å². The quantitative estimate of drug-likeness (QED) is 0.435.